The molecular formula is C18H28O2. The van der Waals surface area contributed by atoms with Crippen molar-refractivity contribution >= 4 is 5.78 Å². The first-order chi connectivity index (χ1) is 9.72. The van der Waals surface area contributed by atoms with Gasteiger partial charge in [0.2, 0.25) is 0 Å². The normalized spacial score (nSPS) is 12.2. The van der Waals surface area contributed by atoms with Crippen molar-refractivity contribution in [3.63, 3.8) is 0 Å². The molecule has 0 amide bonds. The number of hydrogen-bond acceptors (Lipinski definition) is 2. The standard InChI is InChI=1S/C18H28O2/c1-4-6-8-13-18(19)17(12-7-5-2)15-10-9-11-16(14-15)20-3/h9-11,14,17H,4-8,12-13H2,1-3H3/t17-/m1/s1. The molecule has 0 aliphatic heterocycles. The van der Waals surface area contributed by atoms with Crippen molar-refractivity contribution in [1.82, 2.24) is 0 Å². The molecule has 0 aliphatic rings. The zero-order valence-electron chi connectivity index (χ0n) is 13.2. The highest BCUT2D eigenvalue weighted by molar-refractivity contribution is 5.85. The molecule has 0 aliphatic carbocycles. The molecule has 1 aromatic rings. The summed E-state index contributed by atoms with van der Waals surface area (Å²) in [6.07, 6.45) is 7.20. The zero-order chi connectivity index (χ0) is 14.8. The molecule has 0 saturated heterocycles. The maximum absolute atomic E-state index is 12.5. The van der Waals surface area contributed by atoms with Gasteiger partial charge in [-0.3, -0.25) is 4.79 Å². The number of Topliss-reactive ketones (excluding diaryl/α,β-unsaturated/α-hetero) is 1. The van der Waals surface area contributed by atoms with Crippen LogP contribution < -0.4 is 4.74 Å². The summed E-state index contributed by atoms with van der Waals surface area (Å²) in [6.45, 7) is 4.34. The van der Waals surface area contributed by atoms with Gasteiger partial charge in [-0.25, -0.2) is 0 Å². The van der Waals surface area contributed by atoms with Crippen LogP contribution in [0, 0.1) is 0 Å². The van der Waals surface area contributed by atoms with Gasteiger partial charge in [-0.1, -0.05) is 51.7 Å². The topological polar surface area (TPSA) is 26.3 Å². The van der Waals surface area contributed by atoms with Crippen molar-refractivity contribution in [2.45, 2.75) is 64.7 Å². The van der Waals surface area contributed by atoms with E-state index in [0.717, 1.165) is 49.8 Å². The summed E-state index contributed by atoms with van der Waals surface area (Å²) in [5.74, 6) is 1.27. The highest BCUT2D eigenvalue weighted by Gasteiger charge is 2.19. The minimum Gasteiger partial charge on any atom is -0.497 e. The first-order valence-corrected chi connectivity index (χ1v) is 7.89. The lowest BCUT2D eigenvalue weighted by Crippen LogP contribution is -2.13. The second-order valence-corrected chi connectivity index (χ2v) is 5.39. The van der Waals surface area contributed by atoms with Crippen molar-refractivity contribution in [1.29, 1.82) is 0 Å². The largest absolute Gasteiger partial charge is 0.497 e. The summed E-state index contributed by atoms with van der Waals surface area (Å²) < 4.78 is 5.28. The Kier molecular flexibility index (Phi) is 8.01. The lowest BCUT2D eigenvalue weighted by Gasteiger charge is -2.17. The molecule has 2 heteroatoms. The van der Waals surface area contributed by atoms with Crippen molar-refractivity contribution in [3.8, 4) is 5.75 Å². The van der Waals surface area contributed by atoms with Crippen LogP contribution in [-0.2, 0) is 4.79 Å². The SMILES string of the molecule is CCCCCC(=O)[C@H](CCCC)c1cccc(OC)c1. The lowest BCUT2D eigenvalue weighted by atomic mass is 9.87. The molecule has 0 bridgehead atoms. The van der Waals surface area contributed by atoms with E-state index in [2.05, 4.69) is 19.9 Å². The van der Waals surface area contributed by atoms with E-state index in [1.54, 1.807) is 7.11 Å². The zero-order valence-corrected chi connectivity index (χ0v) is 13.2. The first kappa shape index (κ1) is 16.7. The number of ether oxygens (including phenoxy) is 1. The molecule has 1 atom stereocenters. The number of benzene rings is 1. The Morgan fingerprint density at radius 1 is 1.15 bits per heavy atom. The molecule has 0 fully saturated rings. The van der Waals surface area contributed by atoms with E-state index in [-0.39, 0.29) is 5.92 Å². The third kappa shape index (κ3) is 5.36. The van der Waals surface area contributed by atoms with Crippen molar-refractivity contribution in [2.24, 2.45) is 0 Å². The molecule has 1 rings (SSSR count). The molecular weight excluding hydrogens is 248 g/mol. The van der Waals surface area contributed by atoms with Crippen LogP contribution in [0.2, 0.25) is 0 Å². The predicted molar refractivity (Wildman–Crippen MR) is 84.4 cm³/mol. The predicted octanol–water partition coefficient (Wildman–Crippen LogP) is 5.12. The van der Waals surface area contributed by atoms with Crippen LogP contribution in [-0.4, -0.2) is 12.9 Å². The summed E-state index contributed by atoms with van der Waals surface area (Å²) in [4.78, 5) is 12.5. The van der Waals surface area contributed by atoms with Gasteiger partial charge in [-0.05, 0) is 30.5 Å². The van der Waals surface area contributed by atoms with Gasteiger partial charge in [-0.2, -0.15) is 0 Å². The van der Waals surface area contributed by atoms with Gasteiger partial charge in [0.15, 0.2) is 0 Å². The van der Waals surface area contributed by atoms with E-state index in [4.69, 9.17) is 4.74 Å². The minimum absolute atomic E-state index is 0.0434. The number of rotatable bonds is 10. The Morgan fingerprint density at radius 3 is 2.55 bits per heavy atom. The summed E-state index contributed by atoms with van der Waals surface area (Å²) in [7, 11) is 1.67. The highest BCUT2D eigenvalue weighted by atomic mass is 16.5. The average Bonchev–Trinajstić information content (AvgIpc) is 2.48. The van der Waals surface area contributed by atoms with E-state index < -0.39 is 0 Å². The number of methoxy groups -OCH3 is 1. The van der Waals surface area contributed by atoms with E-state index in [0.29, 0.717) is 12.2 Å². The molecule has 0 N–H and O–H groups in total. The van der Waals surface area contributed by atoms with Gasteiger partial charge >= 0.3 is 0 Å². The second kappa shape index (κ2) is 9.57. The quantitative estimate of drug-likeness (QED) is 0.554. The molecule has 20 heavy (non-hydrogen) atoms. The van der Waals surface area contributed by atoms with Crippen molar-refractivity contribution < 1.29 is 9.53 Å². The first-order valence-electron chi connectivity index (χ1n) is 7.89. The van der Waals surface area contributed by atoms with Gasteiger partial charge in [0.25, 0.3) is 0 Å². The second-order valence-electron chi connectivity index (χ2n) is 5.39. The van der Waals surface area contributed by atoms with E-state index in [9.17, 15) is 4.79 Å². The van der Waals surface area contributed by atoms with Gasteiger partial charge < -0.3 is 4.74 Å². The summed E-state index contributed by atoms with van der Waals surface area (Å²) in [5, 5.41) is 0. The number of carbonyl (C=O) groups is 1. The molecule has 0 heterocycles. The molecule has 2 nitrogen and oxygen atoms in total. The fourth-order valence-corrected chi connectivity index (χ4v) is 2.50. The van der Waals surface area contributed by atoms with Gasteiger partial charge in [0, 0.05) is 12.3 Å². The van der Waals surface area contributed by atoms with E-state index >= 15 is 0 Å². The summed E-state index contributed by atoms with van der Waals surface area (Å²) >= 11 is 0. The Morgan fingerprint density at radius 2 is 1.90 bits per heavy atom. The van der Waals surface area contributed by atoms with Crippen LogP contribution in [0.5, 0.6) is 5.75 Å². The number of unbranched alkanes of at least 4 members (excludes halogenated alkanes) is 3. The monoisotopic (exact) mass is 276 g/mol. The lowest BCUT2D eigenvalue weighted by molar-refractivity contribution is -0.120. The van der Waals surface area contributed by atoms with E-state index in [1.165, 1.54) is 0 Å². The maximum Gasteiger partial charge on any atom is 0.140 e. The Hall–Kier alpha value is -1.31. The molecule has 1 aromatic carbocycles. The maximum atomic E-state index is 12.5. The average molecular weight is 276 g/mol. The molecule has 0 radical (unpaired) electrons. The molecule has 0 unspecified atom stereocenters. The molecule has 0 saturated carbocycles. The van der Waals surface area contributed by atoms with Crippen LogP contribution in [0.15, 0.2) is 24.3 Å². The van der Waals surface area contributed by atoms with Crippen molar-refractivity contribution in [3.05, 3.63) is 29.8 Å². The van der Waals surface area contributed by atoms with Crippen LogP contribution in [0.3, 0.4) is 0 Å². The Bertz CT molecular complexity index is 398. The van der Waals surface area contributed by atoms with Crippen LogP contribution >= 0.6 is 0 Å². The van der Waals surface area contributed by atoms with Crippen molar-refractivity contribution in [2.75, 3.05) is 7.11 Å². The fraction of sp³-hybridized carbons (Fsp3) is 0.611. The Balaban J connectivity index is 2.78. The number of ketones is 1. The van der Waals surface area contributed by atoms with Crippen LogP contribution in [0.25, 0.3) is 0 Å². The third-order valence-corrected chi connectivity index (χ3v) is 3.76. The van der Waals surface area contributed by atoms with Gasteiger partial charge in [0.1, 0.15) is 11.5 Å². The number of carbonyl (C=O) groups excluding carboxylic acids is 1. The summed E-state index contributed by atoms with van der Waals surface area (Å²) in [5.41, 5.74) is 1.11. The minimum atomic E-state index is 0.0434. The number of hydrogen-bond donors (Lipinski definition) is 0. The van der Waals surface area contributed by atoms with E-state index in [1.807, 2.05) is 18.2 Å². The highest BCUT2D eigenvalue weighted by Crippen LogP contribution is 2.28. The smallest absolute Gasteiger partial charge is 0.140 e. The molecule has 0 spiro atoms. The third-order valence-electron chi connectivity index (χ3n) is 3.76. The van der Waals surface area contributed by atoms with Crippen LogP contribution in [0.1, 0.15) is 70.3 Å². The van der Waals surface area contributed by atoms with Crippen LogP contribution in [0.4, 0.5) is 0 Å². The van der Waals surface area contributed by atoms with Gasteiger partial charge in [-0.15, -0.1) is 0 Å². The Labute approximate surface area is 123 Å². The summed E-state index contributed by atoms with van der Waals surface area (Å²) in [6, 6.07) is 7.98. The molecule has 112 valence electrons. The molecule has 0 aromatic heterocycles. The van der Waals surface area contributed by atoms with Gasteiger partial charge in [0.05, 0.1) is 7.11 Å². The fourth-order valence-electron chi connectivity index (χ4n) is 2.50.